The second-order valence-electron chi connectivity index (χ2n) is 4.54. The Morgan fingerprint density at radius 3 is 2.28 bits per heavy atom. The number of aryl methyl sites for hydroxylation is 1. The maximum Gasteiger partial charge on any atom is 0.254 e. The molecule has 0 aliphatic heterocycles. The van der Waals surface area contributed by atoms with Crippen molar-refractivity contribution in [3.05, 3.63) is 35.4 Å². The van der Waals surface area contributed by atoms with E-state index in [1.165, 1.54) is 5.56 Å². The van der Waals surface area contributed by atoms with Gasteiger partial charge in [0.2, 0.25) is 0 Å². The summed E-state index contributed by atoms with van der Waals surface area (Å²) in [5.41, 5.74) is 7.43. The van der Waals surface area contributed by atoms with Crippen LogP contribution in [0.4, 0.5) is 0 Å². The lowest BCUT2D eigenvalue weighted by atomic mass is 10.1. The van der Waals surface area contributed by atoms with E-state index < -0.39 is 0 Å². The number of carbonyl (C=O) groups excluding carboxylic acids is 1. The van der Waals surface area contributed by atoms with Gasteiger partial charge in [-0.15, -0.1) is 0 Å². The Labute approximate surface area is 114 Å². The van der Waals surface area contributed by atoms with E-state index in [-0.39, 0.29) is 11.9 Å². The van der Waals surface area contributed by atoms with Crippen LogP contribution in [0, 0.1) is 0 Å². The summed E-state index contributed by atoms with van der Waals surface area (Å²) in [5, 5.41) is 0. The summed E-state index contributed by atoms with van der Waals surface area (Å²) in [6.07, 6.45) is 0.968. The Kier molecular flexibility index (Phi) is 5.28. The topological polar surface area (TPSA) is 46.3 Å². The molecule has 2 N–H and O–H groups in total. The number of thiocarbonyl (C=S) groups is 1. The Hall–Kier alpha value is -1.42. The van der Waals surface area contributed by atoms with Crippen LogP contribution < -0.4 is 5.73 Å². The molecule has 0 saturated heterocycles. The van der Waals surface area contributed by atoms with Gasteiger partial charge in [0.05, 0.1) is 11.5 Å². The highest BCUT2D eigenvalue weighted by molar-refractivity contribution is 7.80. The van der Waals surface area contributed by atoms with Crippen LogP contribution in [0.3, 0.4) is 0 Å². The van der Waals surface area contributed by atoms with Gasteiger partial charge in [0, 0.05) is 11.6 Å². The smallest absolute Gasteiger partial charge is 0.254 e. The highest BCUT2D eigenvalue weighted by Gasteiger charge is 2.19. The molecule has 3 nitrogen and oxygen atoms in total. The van der Waals surface area contributed by atoms with Crippen LogP contribution in [0.25, 0.3) is 0 Å². The minimum absolute atomic E-state index is 0.0274. The molecule has 0 atom stereocenters. The Balaban J connectivity index is 2.90. The average Bonchev–Trinajstić information content (AvgIpc) is 2.34. The van der Waals surface area contributed by atoms with Gasteiger partial charge < -0.3 is 10.6 Å². The summed E-state index contributed by atoms with van der Waals surface area (Å²) in [4.78, 5) is 14.4. The minimum Gasteiger partial charge on any atom is -0.392 e. The van der Waals surface area contributed by atoms with Crippen molar-refractivity contribution in [1.82, 2.24) is 4.90 Å². The molecule has 0 fully saturated rings. The number of rotatable bonds is 5. The molecule has 1 aromatic carbocycles. The summed E-state index contributed by atoms with van der Waals surface area (Å²) in [5.74, 6) is -0.0274. The fourth-order valence-electron chi connectivity index (χ4n) is 1.71. The fourth-order valence-corrected chi connectivity index (χ4v) is 1.84. The van der Waals surface area contributed by atoms with Gasteiger partial charge in [-0.05, 0) is 38.0 Å². The van der Waals surface area contributed by atoms with Crippen LogP contribution in [0.2, 0.25) is 0 Å². The molecule has 1 aromatic rings. The van der Waals surface area contributed by atoms with Gasteiger partial charge in [0.1, 0.15) is 0 Å². The lowest BCUT2D eigenvalue weighted by Crippen LogP contribution is -2.42. The zero-order valence-electron chi connectivity index (χ0n) is 11.1. The second-order valence-corrected chi connectivity index (χ2v) is 5.07. The van der Waals surface area contributed by atoms with Gasteiger partial charge in [0.25, 0.3) is 5.91 Å². The monoisotopic (exact) mass is 264 g/mol. The number of hydrogen-bond donors (Lipinski definition) is 1. The molecule has 18 heavy (non-hydrogen) atoms. The van der Waals surface area contributed by atoms with Crippen molar-refractivity contribution in [3.8, 4) is 0 Å². The first-order valence-electron chi connectivity index (χ1n) is 6.14. The quantitative estimate of drug-likeness (QED) is 0.831. The zero-order chi connectivity index (χ0) is 13.7. The molecule has 0 radical (unpaired) electrons. The van der Waals surface area contributed by atoms with Crippen LogP contribution >= 0.6 is 12.2 Å². The molecule has 0 unspecified atom stereocenters. The molecule has 1 amide bonds. The maximum absolute atomic E-state index is 12.3. The maximum atomic E-state index is 12.3. The molecule has 4 heteroatoms. The summed E-state index contributed by atoms with van der Waals surface area (Å²) in [6.45, 7) is 6.32. The van der Waals surface area contributed by atoms with Crippen molar-refractivity contribution in [2.75, 3.05) is 6.54 Å². The van der Waals surface area contributed by atoms with Crippen molar-refractivity contribution < 1.29 is 4.79 Å². The molecule has 1 rings (SSSR count). The second kappa shape index (κ2) is 6.50. The number of benzene rings is 1. The SMILES string of the molecule is CCc1ccc(C(=O)N(CC(N)=S)C(C)C)cc1. The van der Waals surface area contributed by atoms with Crippen molar-refractivity contribution in [3.63, 3.8) is 0 Å². The molecular formula is C14H20N2OS. The van der Waals surface area contributed by atoms with Crippen molar-refractivity contribution in [1.29, 1.82) is 0 Å². The van der Waals surface area contributed by atoms with Gasteiger partial charge in [-0.25, -0.2) is 0 Å². The van der Waals surface area contributed by atoms with Crippen LogP contribution in [0.5, 0.6) is 0 Å². The van der Waals surface area contributed by atoms with E-state index in [1.807, 2.05) is 38.1 Å². The number of hydrogen-bond acceptors (Lipinski definition) is 2. The van der Waals surface area contributed by atoms with Crippen LogP contribution in [0.15, 0.2) is 24.3 Å². The summed E-state index contributed by atoms with van der Waals surface area (Å²) in [7, 11) is 0. The van der Waals surface area contributed by atoms with E-state index in [1.54, 1.807) is 4.90 Å². The molecule has 0 spiro atoms. The summed E-state index contributed by atoms with van der Waals surface area (Å²) < 4.78 is 0. The van der Waals surface area contributed by atoms with E-state index in [2.05, 4.69) is 6.92 Å². The molecule has 0 aromatic heterocycles. The highest BCUT2D eigenvalue weighted by atomic mass is 32.1. The highest BCUT2D eigenvalue weighted by Crippen LogP contribution is 2.10. The average molecular weight is 264 g/mol. The third-order valence-corrected chi connectivity index (χ3v) is 2.95. The van der Waals surface area contributed by atoms with Gasteiger partial charge >= 0.3 is 0 Å². The van der Waals surface area contributed by atoms with Crippen LogP contribution in [-0.4, -0.2) is 28.4 Å². The van der Waals surface area contributed by atoms with Crippen LogP contribution in [0.1, 0.15) is 36.7 Å². The molecule has 0 bridgehead atoms. The first-order valence-corrected chi connectivity index (χ1v) is 6.54. The summed E-state index contributed by atoms with van der Waals surface area (Å²) in [6, 6.07) is 7.75. The zero-order valence-corrected chi connectivity index (χ0v) is 12.0. The van der Waals surface area contributed by atoms with E-state index in [4.69, 9.17) is 18.0 Å². The molecule has 0 heterocycles. The third-order valence-electron chi connectivity index (χ3n) is 2.82. The lowest BCUT2D eigenvalue weighted by molar-refractivity contribution is 0.0736. The number of amides is 1. The Morgan fingerprint density at radius 2 is 1.89 bits per heavy atom. The van der Waals surface area contributed by atoms with Crippen LogP contribution in [-0.2, 0) is 6.42 Å². The normalized spacial score (nSPS) is 10.4. The Bertz CT molecular complexity index is 426. The fraction of sp³-hybridized carbons (Fsp3) is 0.429. The van der Waals surface area contributed by atoms with Gasteiger partial charge in [-0.1, -0.05) is 31.3 Å². The molecule has 0 aliphatic rings. The summed E-state index contributed by atoms with van der Waals surface area (Å²) >= 11 is 4.88. The molecule has 0 saturated carbocycles. The number of nitrogens with two attached hydrogens (primary N) is 1. The Morgan fingerprint density at radius 1 is 1.33 bits per heavy atom. The predicted molar refractivity (Wildman–Crippen MR) is 78.8 cm³/mol. The van der Waals surface area contributed by atoms with E-state index >= 15 is 0 Å². The van der Waals surface area contributed by atoms with Crippen molar-refractivity contribution >= 4 is 23.1 Å². The van der Waals surface area contributed by atoms with E-state index in [0.29, 0.717) is 17.1 Å². The number of nitrogens with zero attached hydrogens (tertiary/aromatic N) is 1. The first-order chi connectivity index (χ1) is 8.45. The standard InChI is InChI=1S/C14H20N2OS/c1-4-11-5-7-12(8-6-11)14(17)16(10(2)3)9-13(15)18/h5-8,10H,4,9H2,1-3H3,(H2,15,18). The van der Waals surface area contributed by atoms with Gasteiger partial charge in [-0.2, -0.15) is 0 Å². The minimum atomic E-state index is -0.0274. The van der Waals surface area contributed by atoms with Gasteiger partial charge in [0.15, 0.2) is 0 Å². The van der Waals surface area contributed by atoms with E-state index in [9.17, 15) is 4.79 Å². The van der Waals surface area contributed by atoms with Gasteiger partial charge in [-0.3, -0.25) is 4.79 Å². The molecule has 0 aliphatic carbocycles. The first kappa shape index (κ1) is 14.6. The predicted octanol–water partition coefficient (Wildman–Crippen LogP) is 2.39. The third kappa shape index (κ3) is 3.81. The number of carbonyl (C=O) groups is 1. The van der Waals surface area contributed by atoms with Crippen molar-refractivity contribution in [2.24, 2.45) is 5.73 Å². The van der Waals surface area contributed by atoms with E-state index in [0.717, 1.165) is 6.42 Å². The largest absolute Gasteiger partial charge is 0.392 e. The molecule has 98 valence electrons. The molecular weight excluding hydrogens is 244 g/mol. The van der Waals surface area contributed by atoms with Crippen molar-refractivity contribution in [2.45, 2.75) is 33.2 Å². The lowest BCUT2D eigenvalue weighted by Gasteiger charge is -2.26.